The van der Waals surface area contributed by atoms with Gasteiger partial charge in [0.1, 0.15) is 17.6 Å². The van der Waals surface area contributed by atoms with Crippen molar-refractivity contribution in [2.45, 2.75) is 18.7 Å². The van der Waals surface area contributed by atoms with Crippen LogP contribution < -0.4 is 10.8 Å². The summed E-state index contributed by atoms with van der Waals surface area (Å²) in [5.41, 5.74) is 3.16. The number of aromatic nitrogens is 1. The van der Waals surface area contributed by atoms with E-state index in [0.29, 0.717) is 10.6 Å². The van der Waals surface area contributed by atoms with Crippen LogP contribution in [0, 0.1) is 0 Å². The number of carbonyl (C=O) groups excluding carboxylic acids is 2. The molecule has 0 bridgehead atoms. The number of likely N-dealkylation sites (N-methyl/N-ethyl adjacent to an activating group) is 1. The Bertz CT molecular complexity index is 932. The predicted octanol–water partition coefficient (Wildman–Crippen LogP) is 1.82. The number of amides is 2. The highest BCUT2D eigenvalue weighted by Crippen LogP contribution is 2.18. The van der Waals surface area contributed by atoms with E-state index in [4.69, 9.17) is 14.7 Å². The van der Waals surface area contributed by atoms with E-state index >= 15 is 0 Å². The van der Waals surface area contributed by atoms with Crippen molar-refractivity contribution < 1.29 is 28.5 Å². The molecule has 2 unspecified atom stereocenters. The number of rotatable bonds is 11. The van der Waals surface area contributed by atoms with Gasteiger partial charge in [-0.1, -0.05) is 32.0 Å². The highest BCUT2D eigenvalue weighted by molar-refractivity contribution is 7.82. The molecule has 2 atom stereocenters. The van der Waals surface area contributed by atoms with Crippen molar-refractivity contribution in [3.05, 3.63) is 42.6 Å². The molecule has 0 radical (unpaired) electrons. The van der Waals surface area contributed by atoms with E-state index in [1.54, 1.807) is 12.1 Å². The molecule has 2 N–H and O–H groups in total. The molecule has 1 heterocycles. The number of carbonyl (C=O) groups is 2. The average Bonchev–Trinajstić information content (AvgIpc) is 2.87. The minimum absolute atomic E-state index is 0.0900. The molecule has 0 aliphatic rings. The molecule has 1 aromatic heterocycles. The predicted molar refractivity (Wildman–Crippen MR) is 134 cm³/mol. The van der Waals surface area contributed by atoms with Gasteiger partial charge in [-0.25, -0.2) is 18.8 Å². The number of hydrogen-bond donors (Lipinski definition) is 2. The van der Waals surface area contributed by atoms with Crippen LogP contribution in [-0.4, -0.2) is 82.6 Å². The second kappa shape index (κ2) is 16.2. The first kappa shape index (κ1) is 29.6. The van der Waals surface area contributed by atoms with Crippen molar-refractivity contribution in [3.63, 3.8) is 0 Å². The van der Waals surface area contributed by atoms with Crippen LogP contribution in [-0.2, 0) is 25.3 Å². The third-order valence-corrected chi connectivity index (χ3v) is 6.09. The number of methoxy groups -OCH3 is 1. The van der Waals surface area contributed by atoms with Gasteiger partial charge in [-0.15, -0.1) is 9.24 Å². The van der Waals surface area contributed by atoms with E-state index in [0.717, 1.165) is 10.9 Å². The van der Waals surface area contributed by atoms with Gasteiger partial charge in [0.15, 0.2) is 0 Å². The maximum absolute atomic E-state index is 13.1. The molecular weight excluding hydrogens is 479 g/mol. The zero-order valence-electron chi connectivity index (χ0n) is 19.9. The minimum atomic E-state index is -1.75. The summed E-state index contributed by atoms with van der Waals surface area (Å²) < 4.78 is 24.3. The molecule has 12 heteroatoms. The van der Waals surface area contributed by atoms with Gasteiger partial charge in [0.2, 0.25) is 0 Å². The van der Waals surface area contributed by atoms with Crippen LogP contribution in [0.1, 0.15) is 13.8 Å². The van der Waals surface area contributed by atoms with E-state index in [9.17, 15) is 13.8 Å². The molecule has 0 saturated heterocycles. The molecule has 0 aliphatic heterocycles. The van der Waals surface area contributed by atoms with Gasteiger partial charge < -0.3 is 14.4 Å². The van der Waals surface area contributed by atoms with Gasteiger partial charge in [0.05, 0.1) is 23.7 Å². The molecule has 188 valence electrons. The van der Waals surface area contributed by atoms with E-state index in [1.165, 1.54) is 35.0 Å². The van der Waals surface area contributed by atoms with Gasteiger partial charge in [-0.2, -0.15) is 0 Å². The Balaban J connectivity index is 0.00000281. The van der Waals surface area contributed by atoms with Crippen LogP contribution in [0.25, 0.3) is 11.3 Å². The lowest BCUT2D eigenvalue weighted by Gasteiger charge is -2.23. The Labute approximate surface area is 205 Å². The van der Waals surface area contributed by atoms with E-state index in [2.05, 4.69) is 14.2 Å². The van der Waals surface area contributed by atoms with Crippen LogP contribution in [0.5, 0.6) is 0 Å². The quantitative estimate of drug-likeness (QED) is 0.204. The number of nitrogens with zero attached hydrogens (tertiary/aromatic N) is 3. The van der Waals surface area contributed by atoms with Crippen LogP contribution in [0.3, 0.4) is 0 Å². The molecule has 0 fully saturated rings. The number of ether oxygens (including phenoxy) is 2. The molecule has 1 aromatic carbocycles. The summed E-state index contributed by atoms with van der Waals surface area (Å²) in [5, 5.41) is 9.89. The maximum Gasteiger partial charge on any atom is 0.409 e. The molecule has 10 nitrogen and oxygen atoms in total. The standard InChI is InChI=1S/C20H27N4O6PS.C2H6/c1-23(20(26)30-11-10-29-2)8-9-24(14-19(25)22-27)32(28)17-6-7-18(21-13-17)15-4-3-5-16(31)12-15;1-2/h3-7,12-13,27H,8-11,14,31H2,1-2H3,(H,22,25);1-2H3. The van der Waals surface area contributed by atoms with Gasteiger partial charge in [-0.05, 0) is 23.5 Å². The van der Waals surface area contributed by atoms with Crippen LogP contribution in [0.15, 0.2) is 47.5 Å². The number of benzene rings is 1. The number of nitrogens with one attached hydrogen (secondary N) is 1. The fourth-order valence-electron chi connectivity index (χ4n) is 2.59. The highest BCUT2D eigenvalue weighted by atomic mass is 32.2. The van der Waals surface area contributed by atoms with Crippen molar-refractivity contribution in [1.29, 1.82) is 0 Å². The Morgan fingerprint density at radius 2 is 1.91 bits per heavy atom. The smallest absolute Gasteiger partial charge is 0.409 e. The van der Waals surface area contributed by atoms with Crippen molar-refractivity contribution in [1.82, 2.24) is 19.7 Å². The van der Waals surface area contributed by atoms with Crippen LogP contribution >= 0.6 is 9.24 Å². The number of hydrogen-bond acceptors (Lipinski definition) is 7. The van der Waals surface area contributed by atoms with E-state index in [-0.39, 0.29) is 32.8 Å². The normalized spacial score (nSPS) is 11.3. The number of pyridine rings is 1. The van der Waals surface area contributed by atoms with Crippen molar-refractivity contribution in [3.8, 4) is 11.3 Å². The van der Waals surface area contributed by atoms with Gasteiger partial charge >= 0.3 is 6.09 Å². The van der Waals surface area contributed by atoms with Gasteiger partial charge in [-0.3, -0.25) is 15.0 Å². The fraction of sp³-hybridized carbons (Fsp3) is 0.409. The largest absolute Gasteiger partial charge is 0.447 e. The van der Waals surface area contributed by atoms with Crippen molar-refractivity contribution >= 4 is 37.5 Å². The SMILES string of the molecule is CC.COCCOC(=O)N(C)CCN(CC(=O)NO)S(=O)c1ccc(-c2cccc(P)c2)nc1. The molecule has 2 aromatic rings. The van der Waals surface area contributed by atoms with Gasteiger partial charge in [0, 0.05) is 39.0 Å². The van der Waals surface area contributed by atoms with E-state index in [1.807, 2.05) is 38.1 Å². The van der Waals surface area contributed by atoms with Crippen LogP contribution in [0.4, 0.5) is 4.79 Å². The third-order valence-electron chi connectivity index (χ3n) is 4.31. The monoisotopic (exact) mass is 512 g/mol. The molecule has 0 aliphatic carbocycles. The Kier molecular flexibility index (Phi) is 14.1. The first-order chi connectivity index (χ1) is 16.3. The van der Waals surface area contributed by atoms with Crippen LogP contribution in [0.2, 0.25) is 0 Å². The summed E-state index contributed by atoms with van der Waals surface area (Å²) in [7, 11) is 3.90. The Morgan fingerprint density at radius 1 is 1.18 bits per heavy atom. The summed E-state index contributed by atoms with van der Waals surface area (Å²) in [6, 6.07) is 11.2. The van der Waals surface area contributed by atoms with Crippen molar-refractivity contribution in [2.24, 2.45) is 0 Å². The fourth-order valence-corrected chi connectivity index (χ4v) is 3.99. The van der Waals surface area contributed by atoms with Gasteiger partial charge in [0.25, 0.3) is 5.91 Å². The summed E-state index contributed by atoms with van der Waals surface area (Å²) in [6.07, 6.45) is 0.912. The molecule has 0 spiro atoms. The first-order valence-corrected chi connectivity index (χ1v) is 12.3. The summed E-state index contributed by atoms with van der Waals surface area (Å²) in [6.45, 7) is 4.28. The average molecular weight is 513 g/mol. The Hall–Kier alpha value is -2.43. The first-order valence-electron chi connectivity index (χ1n) is 10.6. The molecule has 2 rings (SSSR count). The topological polar surface area (TPSA) is 121 Å². The minimum Gasteiger partial charge on any atom is -0.447 e. The molecule has 0 saturated carbocycles. The highest BCUT2D eigenvalue weighted by Gasteiger charge is 2.21. The lowest BCUT2D eigenvalue weighted by molar-refractivity contribution is -0.129. The lowest BCUT2D eigenvalue weighted by Crippen LogP contribution is -2.42. The van der Waals surface area contributed by atoms with Crippen molar-refractivity contribution in [2.75, 3.05) is 47.0 Å². The summed E-state index contributed by atoms with van der Waals surface area (Å²) in [5.74, 6) is -0.731. The molecular formula is C22H33N4O6PS. The zero-order valence-corrected chi connectivity index (χ0v) is 21.9. The summed E-state index contributed by atoms with van der Waals surface area (Å²) >= 11 is 0. The molecule has 2 amide bonds. The molecule has 34 heavy (non-hydrogen) atoms. The number of hydroxylamine groups is 1. The summed E-state index contributed by atoms with van der Waals surface area (Å²) in [4.78, 5) is 29.7. The third kappa shape index (κ3) is 9.82. The Morgan fingerprint density at radius 3 is 2.50 bits per heavy atom. The second-order valence-corrected chi connectivity index (χ2v) is 8.83. The zero-order chi connectivity index (χ0) is 25.5. The second-order valence-electron chi connectivity index (χ2n) is 6.68. The lowest BCUT2D eigenvalue weighted by atomic mass is 10.1. The van der Waals surface area contributed by atoms with E-state index < -0.39 is 23.0 Å². The maximum atomic E-state index is 13.1.